The van der Waals surface area contributed by atoms with Gasteiger partial charge in [0.2, 0.25) is 0 Å². The molecule has 0 aliphatic carbocycles. The molecule has 1 aromatic heterocycles. The highest BCUT2D eigenvalue weighted by Gasteiger charge is 2.16. The van der Waals surface area contributed by atoms with Gasteiger partial charge in [0.15, 0.2) is 5.06 Å². The highest BCUT2D eigenvalue weighted by atomic mass is 32.1. The predicted molar refractivity (Wildman–Crippen MR) is 188 cm³/mol. The number of fused-ring (bicyclic) bond motifs is 4. The second-order valence-electron chi connectivity index (χ2n) is 11.4. The Kier molecular flexibility index (Phi) is 6.36. The highest BCUT2D eigenvalue weighted by molar-refractivity contribution is 7.21. The van der Waals surface area contributed by atoms with Crippen molar-refractivity contribution in [3.8, 4) is 44.2 Å². The van der Waals surface area contributed by atoms with Crippen LogP contribution in [0.15, 0.2) is 127 Å². The molecule has 7 aromatic carbocycles. The van der Waals surface area contributed by atoms with Gasteiger partial charge in [0.05, 0.1) is 14.2 Å². The lowest BCUT2D eigenvalue weighted by Crippen LogP contribution is -1.85. The second-order valence-corrected chi connectivity index (χ2v) is 12.5. The molecule has 0 radical (unpaired) electrons. The summed E-state index contributed by atoms with van der Waals surface area (Å²) in [5.74, 6) is 0.880. The van der Waals surface area contributed by atoms with Crippen LogP contribution in [-0.2, 0) is 0 Å². The molecule has 0 aliphatic rings. The summed E-state index contributed by atoms with van der Waals surface area (Å²) in [5.41, 5.74) is 8.48. The number of thiophene rings is 1. The molecule has 8 aromatic rings. The van der Waals surface area contributed by atoms with Gasteiger partial charge in [0.25, 0.3) is 0 Å². The molecule has 0 saturated carbocycles. The summed E-state index contributed by atoms with van der Waals surface area (Å²) in [6.07, 6.45) is 0. The van der Waals surface area contributed by atoms with E-state index in [4.69, 9.17) is 9.47 Å². The van der Waals surface area contributed by atoms with Crippen LogP contribution >= 0.6 is 11.3 Å². The van der Waals surface area contributed by atoms with E-state index in [0.29, 0.717) is 0 Å². The van der Waals surface area contributed by atoms with Gasteiger partial charge in [0.1, 0.15) is 5.75 Å². The standard InChI is InChI=1S/C41H30O2S/c1-25-4-6-26(7-5-25)40-38-17-15-34(24-39(38)44-41(40)43-3)29-9-12-32-21-35-19-28(8-11-31(35)22-36(32)20-29)27-10-13-33-23-37(42-2)16-14-30(33)18-27/h4-24H,1-3H3. The van der Waals surface area contributed by atoms with Gasteiger partial charge in [0, 0.05) is 15.6 Å². The molecule has 0 fully saturated rings. The summed E-state index contributed by atoms with van der Waals surface area (Å²) in [7, 11) is 3.47. The lowest BCUT2D eigenvalue weighted by molar-refractivity contribution is 0.415. The Morgan fingerprint density at radius 1 is 0.432 bits per heavy atom. The van der Waals surface area contributed by atoms with E-state index in [9.17, 15) is 0 Å². The summed E-state index contributed by atoms with van der Waals surface area (Å²) in [6, 6.07) is 46.5. The van der Waals surface area contributed by atoms with E-state index in [1.54, 1.807) is 25.6 Å². The lowest BCUT2D eigenvalue weighted by Gasteiger charge is -2.10. The number of rotatable bonds is 5. The first-order valence-electron chi connectivity index (χ1n) is 14.8. The van der Waals surface area contributed by atoms with Crippen LogP contribution in [0.5, 0.6) is 10.8 Å². The molecule has 2 nitrogen and oxygen atoms in total. The third-order valence-corrected chi connectivity index (χ3v) is 9.81. The van der Waals surface area contributed by atoms with E-state index in [-0.39, 0.29) is 0 Å². The smallest absolute Gasteiger partial charge is 0.182 e. The van der Waals surface area contributed by atoms with Crippen LogP contribution in [0.25, 0.3) is 75.8 Å². The lowest BCUT2D eigenvalue weighted by atomic mass is 9.95. The number of ether oxygens (including phenoxy) is 2. The van der Waals surface area contributed by atoms with Gasteiger partial charge in [-0.15, -0.1) is 0 Å². The third kappa shape index (κ3) is 4.57. The molecule has 0 unspecified atom stereocenters. The molecule has 0 amide bonds. The molecule has 0 N–H and O–H groups in total. The maximum atomic E-state index is 5.84. The fourth-order valence-electron chi connectivity index (χ4n) is 6.28. The summed E-state index contributed by atoms with van der Waals surface area (Å²) in [5, 5.41) is 9.54. The van der Waals surface area contributed by atoms with Crippen molar-refractivity contribution >= 4 is 53.7 Å². The van der Waals surface area contributed by atoms with E-state index >= 15 is 0 Å². The number of hydrogen-bond donors (Lipinski definition) is 0. The van der Waals surface area contributed by atoms with E-state index in [2.05, 4.69) is 128 Å². The second kappa shape index (κ2) is 10.6. The van der Waals surface area contributed by atoms with Crippen LogP contribution in [0, 0.1) is 6.92 Å². The van der Waals surface area contributed by atoms with Gasteiger partial charge >= 0.3 is 0 Å². The number of aryl methyl sites for hydroxylation is 1. The van der Waals surface area contributed by atoms with Crippen LogP contribution in [-0.4, -0.2) is 14.2 Å². The Morgan fingerprint density at radius 3 is 1.55 bits per heavy atom. The van der Waals surface area contributed by atoms with Crippen molar-refractivity contribution in [1.29, 1.82) is 0 Å². The Bertz CT molecular complexity index is 2360. The molecule has 212 valence electrons. The Morgan fingerprint density at radius 2 is 0.932 bits per heavy atom. The predicted octanol–water partition coefficient (Wildman–Crippen LogP) is 11.7. The number of methoxy groups -OCH3 is 2. The first-order chi connectivity index (χ1) is 21.6. The average molecular weight is 587 g/mol. The van der Waals surface area contributed by atoms with Crippen LogP contribution in [0.3, 0.4) is 0 Å². The molecule has 3 heteroatoms. The monoisotopic (exact) mass is 586 g/mol. The summed E-state index contributed by atoms with van der Waals surface area (Å²) >= 11 is 1.71. The molecular weight excluding hydrogens is 557 g/mol. The van der Waals surface area contributed by atoms with Crippen molar-refractivity contribution in [2.24, 2.45) is 0 Å². The van der Waals surface area contributed by atoms with Gasteiger partial charge in [-0.1, -0.05) is 95.8 Å². The zero-order valence-electron chi connectivity index (χ0n) is 24.8. The fraction of sp³-hybridized carbons (Fsp3) is 0.0732. The maximum Gasteiger partial charge on any atom is 0.182 e. The first kappa shape index (κ1) is 26.5. The topological polar surface area (TPSA) is 18.5 Å². The quantitative estimate of drug-likeness (QED) is 0.187. The van der Waals surface area contributed by atoms with Gasteiger partial charge in [-0.25, -0.2) is 0 Å². The van der Waals surface area contributed by atoms with Gasteiger partial charge < -0.3 is 9.47 Å². The minimum absolute atomic E-state index is 0.880. The molecule has 0 spiro atoms. The number of benzene rings is 7. The molecule has 8 rings (SSSR count). The Hall–Kier alpha value is -5.12. The van der Waals surface area contributed by atoms with Crippen molar-refractivity contribution in [3.63, 3.8) is 0 Å². The third-order valence-electron chi connectivity index (χ3n) is 8.69. The van der Waals surface area contributed by atoms with Crippen LogP contribution in [0.4, 0.5) is 0 Å². The van der Waals surface area contributed by atoms with Crippen molar-refractivity contribution < 1.29 is 9.47 Å². The SMILES string of the molecule is COc1ccc2cc(-c3ccc4cc5cc(-c6ccc7c(-c8ccc(C)cc8)c(OC)sc7c6)ccc5cc4c3)ccc2c1. The normalized spacial score (nSPS) is 11.5. The van der Waals surface area contributed by atoms with Crippen LogP contribution < -0.4 is 9.47 Å². The number of hydrogen-bond acceptors (Lipinski definition) is 3. The largest absolute Gasteiger partial charge is 0.497 e. The molecule has 0 atom stereocenters. The molecule has 1 heterocycles. The molecular formula is C41H30O2S. The highest BCUT2D eigenvalue weighted by Crippen LogP contribution is 2.45. The van der Waals surface area contributed by atoms with E-state index < -0.39 is 0 Å². The van der Waals surface area contributed by atoms with Gasteiger partial charge in [-0.05, 0) is 116 Å². The summed E-state index contributed by atoms with van der Waals surface area (Å²) < 4.78 is 12.5. The molecule has 44 heavy (non-hydrogen) atoms. The first-order valence-corrected chi connectivity index (χ1v) is 15.6. The Balaban J connectivity index is 1.15. The Labute approximate surface area is 260 Å². The molecule has 0 bridgehead atoms. The average Bonchev–Trinajstić information content (AvgIpc) is 3.44. The minimum Gasteiger partial charge on any atom is -0.497 e. The zero-order valence-corrected chi connectivity index (χ0v) is 25.7. The van der Waals surface area contributed by atoms with E-state index in [1.165, 1.54) is 81.3 Å². The zero-order chi connectivity index (χ0) is 29.8. The molecule has 0 aliphatic heterocycles. The van der Waals surface area contributed by atoms with E-state index in [1.807, 2.05) is 6.07 Å². The summed E-state index contributed by atoms with van der Waals surface area (Å²) in [6.45, 7) is 2.12. The van der Waals surface area contributed by atoms with Crippen LogP contribution in [0.1, 0.15) is 5.56 Å². The summed E-state index contributed by atoms with van der Waals surface area (Å²) in [4.78, 5) is 0. The van der Waals surface area contributed by atoms with Gasteiger partial charge in [-0.2, -0.15) is 0 Å². The van der Waals surface area contributed by atoms with Crippen molar-refractivity contribution in [3.05, 3.63) is 133 Å². The van der Waals surface area contributed by atoms with Gasteiger partial charge in [-0.3, -0.25) is 0 Å². The maximum absolute atomic E-state index is 5.84. The van der Waals surface area contributed by atoms with Crippen molar-refractivity contribution in [1.82, 2.24) is 0 Å². The van der Waals surface area contributed by atoms with Crippen molar-refractivity contribution in [2.45, 2.75) is 6.92 Å². The fourth-order valence-corrected chi connectivity index (χ4v) is 7.36. The van der Waals surface area contributed by atoms with Crippen molar-refractivity contribution in [2.75, 3.05) is 14.2 Å². The minimum atomic E-state index is 0.880. The molecule has 0 saturated heterocycles. The van der Waals surface area contributed by atoms with E-state index in [0.717, 1.165) is 10.8 Å². The van der Waals surface area contributed by atoms with Crippen LogP contribution in [0.2, 0.25) is 0 Å².